The summed E-state index contributed by atoms with van der Waals surface area (Å²) >= 11 is 0. The van der Waals surface area contributed by atoms with Gasteiger partial charge in [0.05, 0.1) is 0 Å². The summed E-state index contributed by atoms with van der Waals surface area (Å²) in [5.41, 5.74) is 3.97. The van der Waals surface area contributed by atoms with Crippen molar-refractivity contribution in [3.63, 3.8) is 0 Å². The lowest BCUT2D eigenvalue weighted by atomic mass is 9.84. The number of anilines is 1. The molecular weight excluding hydrogens is 391 g/mol. The number of hydrogen-bond acceptors (Lipinski definition) is 3. The van der Waals surface area contributed by atoms with Gasteiger partial charge in [0.1, 0.15) is 6.42 Å². The largest absolute Gasteiger partial charge is 0.397 e. The van der Waals surface area contributed by atoms with Gasteiger partial charge < -0.3 is 10.2 Å². The number of rotatable bonds is 6. The summed E-state index contributed by atoms with van der Waals surface area (Å²) < 4.78 is 36.9. The maximum atomic E-state index is 12.3. The van der Waals surface area contributed by atoms with Crippen LogP contribution in [-0.2, 0) is 4.79 Å². The lowest BCUT2D eigenvalue weighted by Crippen LogP contribution is -2.47. The number of piperazine rings is 1. The molecule has 0 aromatic heterocycles. The third-order valence-corrected chi connectivity index (χ3v) is 6.65. The number of benzene rings is 1. The highest BCUT2D eigenvalue weighted by atomic mass is 19.4. The second-order valence-corrected chi connectivity index (χ2v) is 8.96. The molecule has 1 aliphatic carbocycles. The Morgan fingerprint density at radius 3 is 2.30 bits per heavy atom. The van der Waals surface area contributed by atoms with E-state index in [1.165, 1.54) is 16.8 Å². The number of alkyl halides is 3. The van der Waals surface area contributed by atoms with E-state index in [9.17, 15) is 18.0 Å². The Hall–Kier alpha value is -1.76. The molecule has 2 fully saturated rings. The van der Waals surface area contributed by atoms with Crippen LogP contribution in [0.15, 0.2) is 18.2 Å². The summed E-state index contributed by atoms with van der Waals surface area (Å²) in [4.78, 5) is 16.4. The van der Waals surface area contributed by atoms with Gasteiger partial charge in [-0.15, -0.1) is 0 Å². The zero-order valence-electron chi connectivity index (χ0n) is 18.1. The maximum absolute atomic E-state index is 12.3. The first-order valence-corrected chi connectivity index (χ1v) is 11.1. The highest BCUT2D eigenvalue weighted by Crippen LogP contribution is 2.28. The quantitative estimate of drug-likeness (QED) is 0.732. The Labute approximate surface area is 177 Å². The van der Waals surface area contributed by atoms with Crippen LogP contribution in [0.25, 0.3) is 0 Å². The molecule has 0 atom stereocenters. The molecule has 168 valence electrons. The minimum Gasteiger partial charge on any atom is -0.369 e. The SMILES string of the molecule is Cc1ccc(N2CCN(CC[C@H]3CC[C@H](NC(=O)CC(F)(F)F)CC3)CC2)cc1C. The maximum Gasteiger partial charge on any atom is 0.397 e. The molecule has 1 saturated heterocycles. The number of amides is 1. The second kappa shape index (κ2) is 10.0. The van der Waals surface area contributed by atoms with Crippen LogP contribution < -0.4 is 10.2 Å². The fourth-order valence-corrected chi connectivity index (χ4v) is 4.57. The highest BCUT2D eigenvalue weighted by Gasteiger charge is 2.32. The Morgan fingerprint density at radius 2 is 1.70 bits per heavy atom. The molecule has 1 amide bonds. The van der Waals surface area contributed by atoms with Crippen LogP contribution in [0.2, 0.25) is 0 Å². The predicted octanol–water partition coefficient (Wildman–Crippen LogP) is 4.44. The van der Waals surface area contributed by atoms with Crippen molar-refractivity contribution >= 4 is 11.6 Å². The van der Waals surface area contributed by atoms with E-state index in [1.54, 1.807) is 0 Å². The van der Waals surface area contributed by atoms with Crippen molar-refractivity contribution < 1.29 is 18.0 Å². The summed E-state index contributed by atoms with van der Waals surface area (Å²) in [6.07, 6.45) is -1.12. The molecule has 0 spiro atoms. The van der Waals surface area contributed by atoms with Gasteiger partial charge in [0.25, 0.3) is 0 Å². The third kappa shape index (κ3) is 6.89. The van der Waals surface area contributed by atoms with Crippen molar-refractivity contribution in [1.82, 2.24) is 10.2 Å². The van der Waals surface area contributed by atoms with Gasteiger partial charge in [0.2, 0.25) is 5.91 Å². The first-order valence-electron chi connectivity index (χ1n) is 11.1. The van der Waals surface area contributed by atoms with Gasteiger partial charge in [-0.1, -0.05) is 6.07 Å². The van der Waals surface area contributed by atoms with Gasteiger partial charge in [0, 0.05) is 37.9 Å². The molecule has 3 rings (SSSR count). The van der Waals surface area contributed by atoms with Crippen LogP contribution >= 0.6 is 0 Å². The first-order chi connectivity index (χ1) is 14.2. The number of hydrogen-bond donors (Lipinski definition) is 1. The van der Waals surface area contributed by atoms with Crippen LogP contribution in [0.5, 0.6) is 0 Å². The smallest absolute Gasteiger partial charge is 0.369 e. The van der Waals surface area contributed by atoms with E-state index in [2.05, 4.69) is 47.2 Å². The molecule has 2 aliphatic rings. The summed E-state index contributed by atoms with van der Waals surface area (Å²) in [5, 5.41) is 2.55. The van der Waals surface area contributed by atoms with E-state index in [-0.39, 0.29) is 6.04 Å². The van der Waals surface area contributed by atoms with Crippen molar-refractivity contribution in [2.75, 3.05) is 37.6 Å². The number of aryl methyl sites for hydroxylation is 2. The standard InChI is InChI=1S/C23H34F3N3O/c1-17-3-8-21(15-18(17)2)29-13-11-28(12-14-29)10-9-19-4-6-20(7-5-19)27-22(30)16-23(24,25)26/h3,8,15,19-20H,4-7,9-14,16H2,1-2H3,(H,27,30)/t19-,20-. The van der Waals surface area contributed by atoms with E-state index in [4.69, 9.17) is 0 Å². The van der Waals surface area contributed by atoms with Gasteiger partial charge in [-0.2, -0.15) is 13.2 Å². The Bertz CT molecular complexity index is 706. The minimum absolute atomic E-state index is 0.0994. The molecule has 1 saturated carbocycles. The van der Waals surface area contributed by atoms with Gasteiger partial charge >= 0.3 is 6.18 Å². The lowest BCUT2D eigenvalue weighted by Gasteiger charge is -2.37. The number of nitrogens with zero attached hydrogens (tertiary/aromatic N) is 2. The molecule has 1 aliphatic heterocycles. The van der Waals surface area contributed by atoms with E-state index in [0.29, 0.717) is 5.92 Å². The number of nitrogens with one attached hydrogen (secondary N) is 1. The van der Waals surface area contributed by atoms with Crippen molar-refractivity contribution in [3.05, 3.63) is 29.3 Å². The van der Waals surface area contributed by atoms with Crippen LogP contribution in [-0.4, -0.2) is 55.7 Å². The van der Waals surface area contributed by atoms with Crippen molar-refractivity contribution in [1.29, 1.82) is 0 Å². The monoisotopic (exact) mass is 425 g/mol. The summed E-state index contributed by atoms with van der Waals surface area (Å²) in [5.74, 6) is -0.286. The Balaban J connectivity index is 1.33. The van der Waals surface area contributed by atoms with Gasteiger partial charge in [0.15, 0.2) is 0 Å². The Kier molecular flexibility index (Phi) is 7.66. The first kappa shape index (κ1) is 22.9. The molecule has 1 heterocycles. The van der Waals surface area contributed by atoms with E-state index < -0.39 is 18.5 Å². The predicted molar refractivity (Wildman–Crippen MR) is 114 cm³/mol. The lowest BCUT2D eigenvalue weighted by molar-refractivity contribution is -0.154. The molecule has 0 radical (unpaired) electrons. The topological polar surface area (TPSA) is 35.6 Å². The van der Waals surface area contributed by atoms with Gasteiger partial charge in [-0.25, -0.2) is 0 Å². The average molecular weight is 426 g/mol. The fraction of sp³-hybridized carbons (Fsp3) is 0.696. The normalized spacial score (nSPS) is 23.4. The van der Waals surface area contributed by atoms with Crippen molar-refractivity contribution in [3.8, 4) is 0 Å². The van der Waals surface area contributed by atoms with E-state index in [1.807, 2.05) is 0 Å². The zero-order valence-corrected chi connectivity index (χ0v) is 18.1. The number of halogens is 3. The van der Waals surface area contributed by atoms with Crippen LogP contribution in [0, 0.1) is 19.8 Å². The van der Waals surface area contributed by atoms with E-state index >= 15 is 0 Å². The average Bonchev–Trinajstić information content (AvgIpc) is 2.68. The molecule has 1 N–H and O–H groups in total. The molecule has 0 unspecified atom stereocenters. The zero-order chi connectivity index (χ0) is 21.7. The van der Waals surface area contributed by atoms with Crippen molar-refractivity contribution in [2.24, 2.45) is 5.92 Å². The molecule has 30 heavy (non-hydrogen) atoms. The van der Waals surface area contributed by atoms with E-state index in [0.717, 1.165) is 64.8 Å². The van der Waals surface area contributed by atoms with Crippen LogP contribution in [0.1, 0.15) is 49.7 Å². The number of carbonyl (C=O) groups is 1. The molecule has 0 bridgehead atoms. The van der Waals surface area contributed by atoms with Gasteiger partial charge in [-0.3, -0.25) is 9.69 Å². The molecular formula is C23H34F3N3O. The second-order valence-electron chi connectivity index (χ2n) is 8.96. The molecule has 1 aromatic carbocycles. The summed E-state index contributed by atoms with van der Waals surface area (Å²) in [7, 11) is 0. The Morgan fingerprint density at radius 1 is 1.03 bits per heavy atom. The minimum atomic E-state index is -4.43. The third-order valence-electron chi connectivity index (χ3n) is 6.65. The summed E-state index contributed by atoms with van der Waals surface area (Å²) in [6.45, 7) is 9.59. The molecule has 7 heteroatoms. The molecule has 4 nitrogen and oxygen atoms in total. The highest BCUT2D eigenvalue weighted by molar-refractivity contribution is 5.76. The van der Waals surface area contributed by atoms with Crippen molar-refractivity contribution in [2.45, 2.75) is 64.6 Å². The van der Waals surface area contributed by atoms with Crippen LogP contribution in [0.3, 0.4) is 0 Å². The van der Waals surface area contributed by atoms with Crippen LogP contribution in [0.4, 0.5) is 18.9 Å². The number of carbonyl (C=O) groups excluding carboxylic acids is 1. The molecule has 1 aromatic rings. The summed E-state index contributed by atoms with van der Waals surface area (Å²) in [6, 6.07) is 6.58. The van der Waals surface area contributed by atoms with Gasteiger partial charge in [-0.05, 0) is 81.7 Å². The fourth-order valence-electron chi connectivity index (χ4n) is 4.57.